The van der Waals surface area contributed by atoms with E-state index in [-0.39, 0.29) is 11.6 Å². The molecule has 0 atom stereocenters. The molecule has 0 radical (unpaired) electrons. The number of benzene rings is 2. The number of ether oxygens (including phenoxy) is 1. The summed E-state index contributed by atoms with van der Waals surface area (Å²) in [6.07, 6.45) is 1.54. The summed E-state index contributed by atoms with van der Waals surface area (Å²) in [6.45, 7) is 4.32. The van der Waals surface area contributed by atoms with Crippen LogP contribution in [0.4, 0.5) is 11.6 Å². The fraction of sp³-hybridized carbons (Fsp3) is 0.190. The molecule has 0 saturated carbocycles. The molecular weight excluding hydrogens is 376 g/mol. The van der Waals surface area contributed by atoms with Crippen molar-refractivity contribution in [1.82, 2.24) is 9.97 Å². The van der Waals surface area contributed by atoms with Gasteiger partial charge in [-0.1, -0.05) is 35.9 Å². The number of para-hydroxylation sites is 1. The second-order valence-corrected chi connectivity index (χ2v) is 6.73. The molecule has 0 unspecified atom stereocenters. The van der Waals surface area contributed by atoms with E-state index in [0.29, 0.717) is 23.2 Å². The van der Waals surface area contributed by atoms with Crippen LogP contribution in [-0.4, -0.2) is 23.0 Å². The smallest absolute Gasteiger partial charge is 0.274 e. The maximum absolute atomic E-state index is 12.6. The third-order valence-corrected chi connectivity index (χ3v) is 4.49. The first-order chi connectivity index (χ1) is 13.5. The standard InChI is InChI=1S/C21H21ClN4O2/c1-13-10-14(2)19(16(22)11-13)26-20(27)17-8-9-23-21(25-17)24-12-15-6-4-5-7-18(15)28-3/h4-11H,12H2,1-3H3,(H,26,27)(H,23,24,25). The van der Waals surface area contributed by atoms with Crippen molar-refractivity contribution in [3.8, 4) is 5.75 Å². The molecule has 2 N–H and O–H groups in total. The third-order valence-electron chi connectivity index (χ3n) is 4.19. The number of anilines is 2. The van der Waals surface area contributed by atoms with Crippen molar-refractivity contribution < 1.29 is 9.53 Å². The lowest BCUT2D eigenvalue weighted by molar-refractivity contribution is 0.102. The number of methoxy groups -OCH3 is 1. The predicted octanol–water partition coefficient (Wildman–Crippen LogP) is 4.62. The highest BCUT2D eigenvalue weighted by Gasteiger charge is 2.13. The van der Waals surface area contributed by atoms with E-state index in [9.17, 15) is 4.79 Å². The van der Waals surface area contributed by atoms with E-state index in [2.05, 4.69) is 20.6 Å². The van der Waals surface area contributed by atoms with Gasteiger partial charge in [0.05, 0.1) is 17.8 Å². The average molecular weight is 397 g/mol. The first-order valence-corrected chi connectivity index (χ1v) is 9.12. The molecule has 0 aliphatic rings. The van der Waals surface area contributed by atoms with Crippen LogP contribution in [0.25, 0.3) is 0 Å². The summed E-state index contributed by atoms with van der Waals surface area (Å²) in [5.41, 5.74) is 3.71. The number of carbonyl (C=O) groups excluding carboxylic acids is 1. The number of nitrogens with one attached hydrogen (secondary N) is 2. The predicted molar refractivity (Wildman–Crippen MR) is 111 cm³/mol. The summed E-state index contributed by atoms with van der Waals surface area (Å²) in [7, 11) is 1.62. The normalized spacial score (nSPS) is 10.4. The number of nitrogens with zero attached hydrogens (tertiary/aromatic N) is 2. The molecule has 0 spiro atoms. The monoisotopic (exact) mass is 396 g/mol. The van der Waals surface area contributed by atoms with Gasteiger partial charge in [0, 0.05) is 18.3 Å². The minimum Gasteiger partial charge on any atom is -0.496 e. The Balaban J connectivity index is 1.73. The maximum atomic E-state index is 12.6. The van der Waals surface area contributed by atoms with Gasteiger partial charge in [0.2, 0.25) is 5.95 Å². The van der Waals surface area contributed by atoms with Crippen molar-refractivity contribution in [2.24, 2.45) is 0 Å². The van der Waals surface area contributed by atoms with Gasteiger partial charge < -0.3 is 15.4 Å². The van der Waals surface area contributed by atoms with Gasteiger partial charge in [0.1, 0.15) is 11.4 Å². The van der Waals surface area contributed by atoms with Gasteiger partial charge in [-0.2, -0.15) is 0 Å². The van der Waals surface area contributed by atoms with E-state index in [1.54, 1.807) is 13.2 Å². The van der Waals surface area contributed by atoms with Crippen LogP contribution in [0.3, 0.4) is 0 Å². The Morgan fingerprint density at radius 3 is 2.71 bits per heavy atom. The Labute approximate surface area is 168 Å². The highest BCUT2D eigenvalue weighted by Crippen LogP contribution is 2.27. The zero-order chi connectivity index (χ0) is 20.1. The summed E-state index contributed by atoms with van der Waals surface area (Å²) < 4.78 is 5.34. The molecule has 1 aromatic heterocycles. The quantitative estimate of drug-likeness (QED) is 0.635. The van der Waals surface area contributed by atoms with Crippen molar-refractivity contribution in [2.75, 3.05) is 17.7 Å². The first-order valence-electron chi connectivity index (χ1n) is 8.75. The second kappa shape index (κ2) is 8.71. The number of amides is 1. The average Bonchev–Trinajstić information content (AvgIpc) is 2.69. The lowest BCUT2D eigenvalue weighted by atomic mass is 10.1. The summed E-state index contributed by atoms with van der Waals surface area (Å²) in [4.78, 5) is 21.1. The van der Waals surface area contributed by atoms with Crippen LogP contribution in [0.5, 0.6) is 5.75 Å². The molecule has 0 bridgehead atoms. The molecule has 28 heavy (non-hydrogen) atoms. The number of rotatable bonds is 6. The lowest BCUT2D eigenvalue weighted by Crippen LogP contribution is -2.16. The highest BCUT2D eigenvalue weighted by molar-refractivity contribution is 6.34. The topological polar surface area (TPSA) is 76.1 Å². The number of hydrogen-bond donors (Lipinski definition) is 2. The van der Waals surface area contributed by atoms with Crippen molar-refractivity contribution in [2.45, 2.75) is 20.4 Å². The van der Waals surface area contributed by atoms with E-state index in [0.717, 1.165) is 22.4 Å². The van der Waals surface area contributed by atoms with Gasteiger partial charge in [-0.3, -0.25) is 4.79 Å². The van der Waals surface area contributed by atoms with Crippen molar-refractivity contribution in [3.05, 3.63) is 76.1 Å². The van der Waals surface area contributed by atoms with Crippen molar-refractivity contribution >= 4 is 29.1 Å². The second-order valence-electron chi connectivity index (χ2n) is 6.32. The minimum absolute atomic E-state index is 0.244. The summed E-state index contributed by atoms with van der Waals surface area (Å²) >= 11 is 6.27. The fourth-order valence-electron chi connectivity index (χ4n) is 2.85. The van der Waals surface area contributed by atoms with Crippen LogP contribution in [0.15, 0.2) is 48.7 Å². The number of hydrogen-bond acceptors (Lipinski definition) is 5. The van der Waals surface area contributed by atoms with Gasteiger partial charge in [-0.25, -0.2) is 9.97 Å². The molecule has 3 rings (SSSR count). The molecule has 0 fully saturated rings. The Bertz CT molecular complexity index is 984. The number of halogens is 1. The van der Waals surface area contributed by atoms with Gasteiger partial charge in [0.25, 0.3) is 5.91 Å². The summed E-state index contributed by atoms with van der Waals surface area (Å²) in [6, 6.07) is 13.0. The van der Waals surface area contributed by atoms with Crippen LogP contribution >= 0.6 is 11.6 Å². The first kappa shape index (κ1) is 19.6. The molecule has 1 amide bonds. The third kappa shape index (κ3) is 4.58. The van der Waals surface area contributed by atoms with Gasteiger partial charge in [-0.05, 0) is 43.2 Å². The molecule has 144 valence electrons. The Morgan fingerprint density at radius 1 is 1.18 bits per heavy atom. The van der Waals surface area contributed by atoms with E-state index in [4.69, 9.17) is 16.3 Å². The number of carbonyl (C=O) groups is 1. The Morgan fingerprint density at radius 2 is 1.96 bits per heavy atom. The zero-order valence-corrected chi connectivity index (χ0v) is 16.7. The SMILES string of the molecule is COc1ccccc1CNc1nccc(C(=O)Nc2c(C)cc(C)cc2Cl)n1. The Hall–Kier alpha value is -3.12. The molecule has 6 nitrogen and oxygen atoms in total. The van der Waals surface area contributed by atoms with Crippen LogP contribution in [0.2, 0.25) is 5.02 Å². The lowest BCUT2D eigenvalue weighted by Gasteiger charge is -2.12. The van der Waals surface area contributed by atoms with E-state index in [1.807, 2.05) is 50.2 Å². The van der Waals surface area contributed by atoms with E-state index >= 15 is 0 Å². The highest BCUT2D eigenvalue weighted by atomic mass is 35.5. The largest absolute Gasteiger partial charge is 0.496 e. The Kier molecular flexibility index (Phi) is 6.11. The molecule has 0 saturated heterocycles. The van der Waals surface area contributed by atoms with Crippen LogP contribution in [0, 0.1) is 13.8 Å². The summed E-state index contributed by atoms with van der Waals surface area (Å²) in [5, 5.41) is 6.44. The van der Waals surface area contributed by atoms with Crippen molar-refractivity contribution in [3.63, 3.8) is 0 Å². The van der Waals surface area contributed by atoms with Gasteiger partial charge >= 0.3 is 0 Å². The van der Waals surface area contributed by atoms with E-state index < -0.39 is 0 Å². The minimum atomic E-state index is -0.350. The molecular formula is C21H21ClN4O2. The van der Waals surface area contributed by atoms with Gasteiger partial charge in [-0.15, -0.1) is 0 Å². The van der Waals surface area contributed by atoms with Crippen LogP contribution < -0.4 is 15.4 Å². The fourth-order valence-corrected chi connectivity index (χ4v) is 3.21. The zero-order valence-electron chi connectivity index (χ0n) is 15.9. The summed E-state index contributed by atoms with van der Waals surface area (Å²) in [5.74, 6) is 0.773. The van der Waals surface area contributed by atoms with Crippen LogP contribution in [0.1, 0.15) is 27.2 Å². The van der Waals surface area contributed by atoms with Crippen LogP contribution in [-0.2, 0) is 6.54 Å². The number of aromatic nitrogens is 2. The number of aryl methyl sites for hydroxylation is 2. The van der Waals surface area contributed by atoms with E-state index in [1.165, 1.54) is 6.20 Å². The molecule has 0 aliphatic heterocycles. The van der Waals surface area contributed by atoms with Gasteiger partial charge in [0.15, 0.2) is 0 Å². The van der Waals surface area contributed by atoms with Crippen molar-refractivity contribution in [1.29, 1.82) is 0 Å². The molecule has 7 heteroatoms. The molecule has 2 aromatic carbocycles. The maximum Gasteiger partial charge on any atom is 0.274 e. The molecule has 0 aliphatic carbocycles. The molecule has 3 aromatic rings. The molecule has 1 heterocycles.